The van der Waals surface area contributed by atoms with Gasteiger partial charge in [0, 0.05) is 12.1 Å². The summed E-state index contributed by atoms with van der Waals surface area (Å²) >= 11 is 0. The van der Waals surface area contributed by atoms with E-state index >= 15 is 0 Å². The lowest BCUT2D eigenvalue weighted by molar-refractivity contribution is 0.0928. The molecule has 3 nitrogen and oxygen atoms in total. The largest absolute Gasteiger partial charge is 0.351 e. The number of amides is 1. The maximum absolute atomic E-state index is 12.2. The van der Waals surface area contributed by atoms with Crippen molar-refractivity contribution in [3.8, 4) is 0 Å². The highest BCUT2D eigenvalue weighted by Gasteiger charge is 2.25. The number of aryl methyl sites for hydroxylation is 2. The van der Waals surface area contributed by atoms with Crippen molar-refractivity contribution in [1.29, 1.82) is 0 Å². The zero-order chi connectivity index (χ0) is 14.5. The second kappa shape index (κ2) is 6.71. The number of hydrogen-bond acceptors (Lipinski definition) is 2. The van der Waals surface area contributed by atoms with Gasteiger partial charge in [0.05, 0.1) is 0 Å². The summed E-state index contributed by atoms with van der Waals surface area (Å²) < 4.78 is 0. The molecular formula is C16H26N2O. The summed E-state index contributed by atoms with van der Waals surface area (Å²) in [6.45, 7) is 9.56. The zero-order valence-corrected chi connectivity index (χ0v) is 12.5. The molecule has 0 fully saturated rings. The quantitative estimate of drug-likeness (QED) is 0.828. The molecule has 1 rings (SSSR count). The maximum Gasteiger partial charge on any atom is 0.251 e. The van der Waals surface area contributed by atoms with Crippen molar-refractivity contribution in [1.82, 2.24) is 5.32 Å². The Kier molecular flexibility index (Phi) is 5.55. The van der Waals surface area contributed by atoms with Crippen LogP contribution in [0.25, 0.3) is 0 Å². The molecule has 0 spiro atoms. The van der Waals surface area contributed by atoms with Crippen LogP contribution in [0.4, 0.5) is 0 Å². The smallest absolute Gasteiger partial charge is 0.251 e. The Morgan fingerprint density at radius 2 is 1.84 bits per heavy atom. The highest BCUT2D eigenvalue weighted by Crippen LogP contribution is 2.23. The average molecular weight is 262 g/mol. The van der Waals surface area contributed by atoms with E-state index in [9.17, 15) is 4.79 Å². The van der Waals surface area contributed by atoms with Gasteiger partial charge in [-0.2, -0.15) is 0 Å². The van der Waals surface area contributed by atoms with Crippen LogP contribution < -0.4 is 11.1 Å². The third-order valence-corrected chi connectivity index (χ3v) is 4.33. The van der Waals surface area contributed by atoms with Crippen LogP contribution in [0.1, 0.15) is 48.2 Å². The van der Waals surface area contributed by atoms with Gasteiger partial charge in [-0.3, -0.25) is 4.79 Å². The molecule has 19 heavy (non-hydrogen) atoms. The summed E-state index contributed by atoms with van der Waals surface area (Å²) in [5.74, 6) is -0.0113. The molecule has 0 atom stereocenters. The molecule has 0 saturated carbocycles. The Balaban J connectivity index is 2.72. The second-order valence-corrected chi connectivity index (χ2v) is 5.39. The Bertz CT molecular complexity index is 428. The molecule has 0 radical (unpaired) electrons. The molecule has 0 heterocycles. The SMILES string of the molecule is CCC(CC)(CN)CNC(=O)c1ccc(C)c(C)c1. The van der Waals surface area contributed by atoms with E-state index in [2.05, 4.69) is 19.2 Å². The van der Waals surface area contributed by atoms with Crippen molar-refractivity contribution in [2.45, 2.75) is 40.5 Å². The second-order valence-electron chi connectivity index (χ2n) is 5.39. The van der Waals surface area contributed by atoms with E-state index in [0.29, 0.717) is 13.1 Å². The van der Waals surface area contributed by atoms with Crippen LogP contribution in [0, 0.1) is 19.3 Å². The molecule has 106 valence electrons. The van der Waals surface area contributed by atoms with Gasteiger partial charge in [-0.1, -0.05) is 19.9 Å². The number of hydrogen-bond donors (Lipinski definition) is 2. The van der Waals surface area contributed by atoms with Gasteiger partial charge in [0.25, 0.3) is 5.91 Å². The van der Waals surface area contributed by atoms with Crippen molar-refractivity contribution >= 4 is 5.91 Å². The monoisotopic (exact) mass is 262 g/mol. The van der Waals surface area contributed by atoms with Crippen LogP contribution in [0.3, 0.4) is 0 Å². The first-order valence-corrected chi connectivity index (χ1v) is 7.03. The van der Waals surface area contributed by atoms with Crippen LogP contribution in [0.15, 0.2) is 18.2 Å². The predicted octanol–water partition coefficient (Wildman–Crippen LogP) is 2.80. The van der Waals surface area contributed by atoms with Crippen LogP contribution >= 0.6 is 0 Å². The van der Waals surface area contributed by atoms with Crippen LogP contribution in [0.5, 0.6) is 0 Å². The fourth-order valence-corrected chi connectivity index (χ4v) is 2.11. The third-order valence-electron chi connectivity index (χ3n) is 4.33. The first kappa shape index (κ1) is 15.7. The molecule has 0 bridgehead atoms. The maximum atomic E-state index is 12.2. The molecule has 0 aliphatic rings. The molecule has 0 saturated heterocycles. The van der Waals surface area contributed by atoms with Gasteiger partial charge in [0.15, 0.2) is 0 Å². The lowest BCUT2D eigenvalue weighted by Crippen LogP contribution is -2.41. The van der Waals surface area contributed by atoms with E-state index in [-0.39, 0.29) is 11.3 Å². The van der Waals surface area contributed by atoms with Gasteiger partial charge in [0.2, 0.25) is 0 Å². The summed E-state index contributed by atoms with van der Waals surface area (Å²) in [6.07, 6.45) is 1.96. The first-order chi connectivity index (χ1) is 8.98. The van der Waals surface area contributed by atoms with E-state index in [1.165, 1.54) is 5.56 Å². The van der Waals surface area contributed by atoms with Crippen molar-refractivity contribution in [3.63, 3.8) is 0 Å². The first-order valence-electron chi connectivity index (χ1n) is 7.03. The Morgan fingerprint density at radius 1 is 1.21 bits per heavy atom. The van der Waals surface area contributed by atoms with Crippen LogP contribution in [-0.4, -0.2) is 19.0 Å². The molecule has 0 aliphatic carbocycles. The molecule has 0 unspecified atom stereocenters. The van der Waals surface area contributed by atoms with Crippen molar-refractivity contribution in [3.05, 3.63) is 34.9 Å². The molecule has 3 N–H and O–H groups in total. The topological polar surface area (TPSA) is 55.1 Å². The van der Waals surface area contributed by atoms with Crippen molar-refractivity contribution in [2.75, 3.05) is 13.1 Å². The minimum Gasteiger partial charge on any atom is -0.351 e. The number of nitrogens with one attached hydrogen (secondary N) is 1. The zero-order valence-electron chi connectivity index (χ0n) is 12.5. The van der Waals surface area contributed by atoms with Gasteiger partial charge in [-0.15, -0.1) is 0 Å². The van der Waals surface area contributed by atoms with E-state index in [4.69, 9.17) is 5.73 Å². The van der Waals surface area contributed by atoms with E-state index in [1.54, 1.807) is 0 Å². The fourth-order valence-electron chi connectivity index (χ4n) is 2.11. The van der Waals surface area contributed by atoms with Crippen molar-refractivity contribution < 1.29 is 4.79 Å². The predicted molar refractivity (Wildman–Crippen MR) is 80.3 cm³/mol. The summed E-state index contributed by atoms with van der Waals surface area (Å²) in [7, 11) is 0. The Morgan fingerprint density at radius 3 is 2.32 bits per heavy atom. The van der Waals surface area contributed by atoms with Crippen LogP contribution in [0.2, 0.25) is 0 Å². The van der Waals surface area contributed by atoms with E-state index < -0.39 is 0 Å². The lowest BCUT2D eigenvalue weighted by Gasteiger charge is -2.30. The summed E-state index contributed by atoms with van der Waals surface area (Å²) in [5, 5.41) is 3.02. The van der Waals surface area contributed by atoms with Gasteiger partial charge in [-0.05, 0) is 61.9 Å². The fraction of sp³-hybridized carbons (Fsp3) is 0.562. The minimum atomic E-state index is -0.0113. The highest BCUT2D eigenvalue weighted by atomic mass is 16.1. The number of benzene rings is 1. The van der Waals surface area contributed by atoms with Gasteiger partial charge < -0.3 is 11.1 Å². The molecule has 0 aromatic heterocycles. The van der Waals surface area contributed by atoms with Crippen LogP contribution in [-0.2, 0) is 0 Å². The number of nitrogens with two attached hydrogens (primary N) is 1. The molecule has 3 heteroatoms. The summed E-state index contributed by atoms with van der Waals surface area (Å²) in [4.78, 5) is 12.2. The molecule has 1 aromatic carbocycles. The summed E-state index contributed by atoms with van der Waals surface area (Å²) in [5.41, 5.74) is 8.94. The van der Waals surface area contributed by atoms with Gasteiger partial charge >= 0.3 is 0 Å². The highest BCUT2D eigenvalue weighted by molar-refractivity contribution is 5.94. The van der Waals surface area contributed by atoms with E-state index in [0.717, 1.165) is 24.0 Å². The number of rotatable bonds is 6. The Hall–Kier alpha value is -1.35. The van der Waals surface area contributed by atoms with Gasteiger partial charge in [-0.25, -0.2) is 0 Å². The number of carbonyl (C=O) groups is 1. The van der Waals surface area contributed by atoms with E-state index in [1.807, 2.05) is 32.0 Å². The standard InChI is InChI=1S/C16H26N2O/c1-5-16(6-2,10-17)11-18-15(19)14-8-7-12(3)13(4)9-14/h7-9H,5-6,10-11,17H2,1-4H3,(H,18,19). The van der Waals surface area contributed by atoms with Gasteiger partial charge in [0.1, 0.15) is 0 Å². The lowest BCUT2D eigenvalue weighted by atomic mass is 9.82. The third kappa shape index (κ3) is 3.80. The molecule has 1 amide bonds. The minimum absolute atomic E-state index is 0.0113. The molecule has 0 aliphatic heterocycles. The number of carbonyl (C=O) groups excluding carboxylic acids is 1. The normalized spacial score (nSPS) is 11.4. The van der Waals surface area contributed by atoms with Crippen molar-refractivity contribution in [2.24, 2.45) is 11.1 Å². The molecule has 1 aromatic rings. The molecular weight excluding hydrogens is 236 g/mol. The summed E-state index contributed by atoms with van der Waals surface area (Å²) in [6, 6.07) is 5.80. The Labute approximate surface area is 116 Å². The average Bonchev–Trinajstić information content (AvgIpc) is 2.43.